The number of nitrogens with one attached hydrogen (secondary N) is 1. The van der Waals surface area contributed by atoms with Gasteiger partial charge in [0.1, 0.15) is 12.1 Å². The molecule has 0 bridgehead atoms. The van der Waals surface area contributed by atoms with Crippen molar-refractivity contribution in [1.29, 1.82) is 0 Å². The molecule has 2 heterocycles. The summed E-state index contributed by atoms with van der Waals surface area (Å²) in [6.07, 6.45) is 5.28. The molecule has 0 saturated carbocycles. The second-order valence-corrected chi connectivity index (χ2v) is 9.28. The zero-order valence-corrected chi connectivity index (χ0v) is 18.4. The van der Waals surface area contributed by atoms with Crippen molar-refractivity contribution in [3.8, 4) is 11.4 Å². The van der Waals surface area contributed by atoms with Crippen LogP contribution in [0.1, 0.15) is 37.6 Å². The van der Waals surface area contributed by atoms with Gasteiger partial charge in [-0.2, -0.15) is 5.10 Å². The second kappa shape index (κ2) is 8.14. The highest BCUT2D eigenvalue weighted by atomic mass is 32.2. The Labute approximate surface area is 180 Å². The largest absolute Gasteiger partial charge is 0.497 e. The van der Waals surface area contributed by atoms with Crippen molar-refractivity contribution in [2.75, 3.05) is 12.9 Å². The number of carbonyl (C=O) groups is 1. The number of nitrogens with zero attached hydrogens (tertiary/aromatic N) is 5. The minimum atomic E-state index is -0.0663. The average Bonchev–Trinajstić information content (AvgIpc) is 3.31. The molecule has 1 N–H and O–H groups in total. The Balaban J connectivity index is 1.53. The number of hydrogen-bond acceptors (Lipinski definition) is 6. The van der Waals surface area contributed by atoms with Crippen LogP contribution in [0.5, 0.6) is 5.75 Å². The third-order valence-electron chi connectivity index (χ3n) is 5.33. The van der Waals surface area contributed by atoms with Crippen LogP contribution in [0.3, 0.4) is 0 Å². The third kappa shape index (κ3) is 4.21. The van der Waals surface area contributed by atoms with Crippen molar-refractivity contribution in [1.82, 2.24) is 29.9 Å². The van der Waals surface area contributed by atoms with E-state index >= 15 is 0 Å². The van der Waals surface area contributed by atoms with E-state index in [0.29, 0.717) is 5.75 Å². The van der Waals surface area contributed by atoms with Crippen LogP contribution >= 0.6 is 11.8 Å². The van der Waals surface area contributed by atoms with Crippen LogP contribution in [0.4, 0.5) is 0 Å². The van der Waals surface area contributed by atoms with Crippen LogP contribution in [0.2, 0.25) is 0 Å². The molecule has 0 spiro atoms. The van der Waals surface area contributed by atoms with Gasteiger partial charge in [0.25, 0.3) is 0 Å². The zero-order valence-electron chi connectivity index (χ0n) is 17.6. The molecule has 0 unspecified atom stereocenters. The maximum absolute atomic E-state index is 12.7. The predicted octanol–water partition coefficient (Wildman–Crippen LogP) is 2.93. The summed E-state index contributed by atoms with van der Waals surface area (Å²) < 4.78 is 9.04. The van der Waals surface area contributed by atoms with Crippen molar-refractivity contribution >= 4 is 17.7 Å². The molecule has 1 aliphatic rings. The number of thioether (sulfide) groups is 1. The van der Waals surface area contributed by atoms with Gasteiger partial charge in [-0.3, -0.25) is 4.79 Å². The molecule has 30 heavy (non-hydrogen) atoms. The lowest BCUT2D eigenvalue weighted by atomic mass is 9.74. The summed E-state index contributed by atoms with van der Waals surface area (Å²) in [5.41, 5.74) is 3.26. The van der Waals surface area contributed by atoms with E-state index in [0.717, 1.165) is 40.7 Å². The lowest BCUT2D eigenvalue weighted by Gasteiger charge is -2.36. The van der Waals surface area contributed by atoms with E-state index in [9.17, 15) is 4.79 Å². The highest BCUT2D eigenvalue weighted by Gasteiger charge is 2.36. The number of ether oxygens (including phenoxy) is 1. The topological polar surface area (TPSA) is 86.9 Å². The summed E-state index contributed by atoms with van der Waals surface area (Å²) >= 11 is 1.38. The Morgan fingerprint density at radius 2 is 2.10 bits per heavy atom. The fourth-order valence-electron chi connectivity index (χ4n) is 3.89. The van der Waals surface area contributed by atoms with Crippen molar-refractivity contribution in [3.63, 3.8) is 0 Å². The fourth-order valence-corrected chi connectivity index (χ4v) is 4.59. The second-order valence-electron chi connectivity index (χ2n) is 8.33. The molecule has 9 heteroatoms. The molecular formula is C21H26N6O2S. The first kappa shape index (κ1) is 20.5. The average molecular weight is 427 g/mol. The number of methoxy groups -OCH3 is 1. The number of rotatable bonds is 6. The molecule has 0 fully saturated rings. The minimum absolute atomic E-state index is 0.0196. The first-order chi connectivity index (χ1) is 14.4. The highest BCUT2D eigenvalue weighted by molar-refractivity contribution is 7.99. The molecule has 1 aliphatic carbocycles. The van der Waals surface area contributed by atoms with Gasteiger partial charge < -0.3 is 14.6 Å². The van der Waals surface area contributed by atoms with Gasteiger partial charge >= 0.3 is 0 Å². The molecule has 1 atom stereocenters. The van der Waals surface area contributed by atoms with E-state index in [1.54, 1.807) is 18.0 Å². The van der Waals surface area contributed by atoms with E-state index in [4.69, 9.17) is 4.74 Å². The van der Waals surface area contributed by atoms with Crippen LogP contribution in [-0.2, 0) is 18.3 Å². The van der Waals surface area contributed by atoms with Gasteiger partial charge in [-0.15, -0.1) is 10.2 Å². The van der Waals surface area contributed by atoms with Gasteiger partial charge in [-0.25, -0.2) is 4.68 Å². The Hall–Kier alpha value is -2.81. The number of benzene rings is 1. The summed E-state index contributed by atoms with van der Waals surface area (Å²) in [4.78, 5) is 12.7. The van der Waals surface area contributed by atoms with Gasteiger partial charge in [0.2, 0.25) is 5.91 Å². The molecule has 0 aliphatic heterocycles. The molecule has 8 nitrogen and oxygen atoms in total. The summed E-state index contributed by atoms with van der Waals surface area (Å²) in [5, 5.41) is 16.4. The Morgan fingerprint density at radius 3 is 2.77 bits per heavy atom. The van der Waals surface area contributed by atoms with E-state index in [-0.39, 0.29) is 17.4 Å². The molecule has 1 amide bonds. The molecule has 2 aromatic heterocycles. The first-order valence-electron chi connectivity index (χ1n) is 9.84. The maximum atomic E-state index is 12.7. The molecule has 1 aromatic carbocycles. The third-order valence-corrected chi connectivity index (χ3v) is 6.37. The van der Waals surface area contributed by atoms with Crippen molar-refractivity contribution in [2.45, 2.75) is 37.9 Å². The van der Waals surface area contributed by atoms with E-state index in [2.05, 4.69) is 34.5 Å². The van der Waals surface area contributed by atoms with E-state index < -0.39 is 0 Å². The molecular weight excluding hydrogens is 400 g/mol. The van der Waals surface area contributed by atoms with E-state index in [1.165, 1.54) is 11.8 Å². The van der Waals surface area contributed by atoms with Crippen LogP contribution in [0.25, 0.3) is 5.69 Å². The Kier molecular flexibility index (Phi) is 5.55. The van der Waals surface area contributed by atoms with Crippen molar-refractivity contribution in [2.24, 2.45) is 12.5 Å². The summed E-state index contributed by atoms with van der Waals surface area (Å²) in [6, 6.07) is 7.79. The minimum Gasteiger partial charge on any atom is -0.497 e. The summed E-state index contributed by atoms with van der Waals surface area (Å²) in [7, 11) is 3.52. The maximum Gasteiger partial charge on any atom is 0.230 e. The quantitative estimate of drug-likeness (QED) is 0.610. The highest BCUT2D eigenvalue weighted by Crippen LogP contribution is 2.41. The van der Waals surface area contributed by atoms with Gasteiger partial charge in [0.05, 0.1) is 36.5 Å². The molecule has 0 radical (unpaired) electrons. The lowest BCUT2D eigenvalue weighted by molar-refractivity contribution is -0.119. The number of aromatic nitrogens is 5. The van der Waals surface area contributed by atoms with E-state index in [1.807, 2.05) is 42.2 Å². The summed E-state index contributed by atoms with van der Waals surface area (Å²) in [6.45, 7) is 4.46. The number of carbonyl (C=O) groups excluding carboxylic acids is 1. The molecule has 3 aromatic rings. The smallest absolute Gasteiger partial charge is 0.230 e. The SMILES string of the molecule is COc1ccc(-n2ncc3c2CC(C)(C)C[C@@H]3NC(=O)CSc2nncn2C)cc1. The molecule has 4 rings (SSSR count). The van der Waals surface area contributed by atoms with Gasteiger partial charge in [0, 0.05) is 12.6 Å². The van der Waals surface area contributed by atoms with Crippen molar-refractivity contribution in [3.05, 3.63) is 48.0 Å². The lowest BCUT2D eigenvalue weighted by Crippen LogP contribution is -2.37. The Morgan fingerprint density at radius 1 is 1.33 bits per heavy atom. The number of amides is 1. The molecule has 158 valence electrons. The zero-order chi connectivity index (χ0) is 21.3. The standard InChI is InChI=1S/C21H26N6O2S/c1-21(2)9-17(24-19(28)12-30-20-25-22-13-26(20)3)16-11-23-27(18(16)10-21)14-5-7-15(29-4)8-6-14/h5-8,11,13,17H,9-10,12H2,1-4H3,(H,24,28)/t17-/m0/s1. The number of fused-ring (bicyclic) bond motifs is 1. The van der Waals surface area contributed by atoms with Gasteiger partial charge in [-0.1, -0.05) is 25.6 Å². The van der Waals surface area contributed by atoms with Gasteiger partial charge in [0.15, 0.2) is 5.16 Å². The van der Waals surface area contributed by atoms with Crippen LogP contribution in [0, 0.1) is 5.41 Å². The predicted molar refractivity (Wildman–Crippen MR) is 115 cm³/mol. The van der Waals surface area contributed by atoms with Gasteiger partial charge in [-0.05, 0) is 42.5 Å². The normalized spacial score (nSPS) is 17.4. The fraction of sp³-hybridized carbons (Fsp3) is 0.429. The van der Waals surface area contributed by atoms with Crippen LogP contribution in [0.15, 0.2) is 41.9 Å². The van der Waals surface area contributed by atoms with Crippen LogP contribution < -0.4 is 10.1 Å². The Bertz CT molecular complexity index is 1040. The molecule has 0 saturated heterocycles. The monoisotopic (exact) mass is 426 g/mol. The number of hydrogen-bond donors (Lipinski definition) is 1. The first-order valence-corrected chi connectivity index (χ1v) is 10.8. The number of aryl methyl sites for hydroxylation is 1. The van der Waals surface area contributed by atoms with Crippen LogP contribution in [-0.4, -0.2) is 43.3 Å². The summed E-state index contributed by atoms with van der Waals surface area (Å²) in [5.74, 6) is 1.09. The van der Waals surface area contributed by atoms with Crippen molar-refractivity contribution < 1.29 is 9.53 Å².